The fourth-order valence-corrected chi connectivity index (χ4v) is 13.0. The SMILES string of the molecule is CON1OC(OC)(OC)C[Si](Cl)(OC)[Si]1(OC)OC. The molecule has 0 radical (unpaired) electrons. The number of ether oxygens (including phenoxy) is 2. The molecule has 0 aliphatic carbocycles. The van der Waals surface area contributed by atoms with Crippen LogP contribution in [0.15, 0.2) is 0 Å². The Hall–Kier alpha value is 0.404. The van der Waals surface area contributed by atoms with Crippen LogP contribution in [0.5, 0.6) is 0 Å². The van der Waals surface area contributed by atoms with Crippen LogP contribution in [0.4, 0.5) is 0 Å². The number of rotatable bonds is 6. The van der Waals surface area contributed by atoms with E-state index in [0.29, 0.717) is 0 Å². The predicted octanol–water partition coefficient (Wildman–Crippen LogP) is 0.379. The van der Waals surface area contributed by atoms with E-state index in [0.717, 1.165) is 4.89 Å². The lowest BCUT2D eigenvalue weighted by molar-refractivity contribution is -0.479. The van der Waals surface area contributed by atoms with E-state index in [9.17, 15) is 0 Å². The molecule has 1 aliphatic rings. The van der Waals surface area contributed by atoms with Crippen LogP contribution >= 0.6 is 11.1 Å². The van der Waals surface area contributed by atoms with Crippen molar-refractivity contribution in [3.05, 3.63) is 0 Å². The Morgan fingerprint density at radius 3 is 1.84 bits per heavy atom. The summed E-state index contributed by atoms with van der Waals surface area (Å²) in [5, 5.41) is 0. The lowest BCUT2D eigenvalue weighted by Gasteiger charge is -2.50. The second kappa shape index (κ2) is 6.45. The molecular formula is C8H20ClNO7Si2. The maximum absolute atomic E-state index is 6.66. The van der Waals surface area contributed by atoms with Gasteiger partial charge in [0, 0.05) is 35.5 Å². The van der Waals surface area contributed by atoms with Crippen molar-refractivity contribution in [3.63, 3.8) is 0 Å². The molecule has 1 aliphatic heterocycles. The zero-order chi connectivity index (χ0) is 14.7. The summed E-state index contributed by atoms with van der Waals surface area (Å²) < 4.78 is 27.0. The number of halogens is 1. The first kappa shape index (κ1) is 17.5. The molecule has 1 saturated heterocycles. The normalized spacial score (nSPS) is 30.5. The van der Waals surface area contributed by atoms with Gasteiger partial charge in [-0.2, -0.15) is 0 Å². The highest BCUT2D eigenvalue weighted by Crippen LogP contribution is 2.43. The average molecular weight is 334 g/mol. The van der Waals surface area contributed by atoms with E-state index in [1.54, 1.807) is 0 Å². The summed E-state index contributed by atoms with van der Waals surface area (Å²) >= 11 is 6.66. The van der Waals surface area contributed by atoms with Crippen LogP contribution in [-0.2, 0) is 32.4 Å². The topological polar surface area (TPSA) is 67.9 Å². The van der Waals surface area contributed by atoms with Crippen LogP contribution in [0.1, 0.15) is 0 Å². The molecule has 0 bridgehead atoms. The first-order valence-electron chi connectivity index (χ1n) is 5.41. The monoisotopic (exact) mass is 333 g/mol. The number of hydrogen-bond acceptors (Lipinski definition) is 8. The maximum Gasteiger partial charge on any atom is 0.503 e. The molecule has 1 atom stereocenters. The van der Waals surface area contributed by atoms with E-state index in [2.05, 4.69) is 0 Å². The lowest BCUT2D eigenvalue weighted by atomic mass is 10.6. The van der Waals surface area contributed by atoms with Crippen molar-refractivity contribution in [3.8, 4) is 0 Å². The van der Waals surface area contributed by atoms with Gasteiger partial charge in [-0.15, -0.1) is 11.1 Å². The van der Waals surface area contributed by atoms with Gasteiger partial charge in [-0.1, -0.05) is 0 Å². The summed E-state index contributed by atoms with van der Waals surface area (Å²) in [5.41, 5.74) is 0. The molecule has 19 heavy (non-hydrogen) atoms. The van der Waals surface area contributed by atoms with Gasteiger partial charge in [-0.3, -0.25) is 4.84 Å². The van der Waals surface area contributed by atoms with Crippen LogP contribution < -0.4 is 0 Å². The number of hydrogen-bond donors (Lipinski definition) is 0. The van der Waals surface area contributed by atoms with E-state index in [-0.39, 0.29) is 6.04 Å². The molecule has 1 unspecified atom stereocenters. The Kier molecular flexibility index (Phi) is 5.92. The van der Waals surface area contributed by atoms with Gasteiger partial charge in [0.05, 0.1) is 13.2 Å². The first-order valence-corrected chi connectivity index (χ1v) is 11.3. The third-order valence-corrected chi connectivity index (χ3v) is 16.1. The highest BCUT2D eigenvalue weighted by Gasteiger charge is 2.75. The van der Waals surface area contributed by atoms with Crippen LogP contribution in [0, 0.1) is 0 Å². The molecule has 0 aromatic rings. The van der Waals surface area contributed by atoms with Crippen molar-refractivity contribution in [1.82, 2.24) is 4.89 Å². The lowest BCUT2D eigenvalue weighted by Crippen LogP contribution is -2.80. The zero-order valence-electron chi connectivity index (χ0n) is 11.9. The maximum atomic E-state index is 6.66. The van der Waals surface area contributed by atoms with Crippen molar-refractivity contribution in [2.24, 2.45) is 0 Å². The number of methoxy groups -OCH3 is 2. The number of nitrogens with zero attached hydrogens (tertiary/aromatic N) is 1. The molecule has 8 nitrogen and oxygen atoms in total. The van der Waals surface area contributed by atoms with E-state index in [4.69, 9.17) is 43.5 Å². The Labute approximate surface area is 119 Å². The van der Waals surface area contributed by atoms with E-state index >= 15 is 0 Å². The van der Waals surface area contributed by atoms with Crippen molar-refractivity contribution in [2.45, 2.75) is 12.0 Å². The molecule has 0 amide bonds. The average Bonchev–Trinajstić information content (AvgIpc) is 2.46. The minimum absolute atomic E-state index is 0.165. The van der Waals surface area contributed by atoms with Gasteiger partial charge in [0.2, 0.25) is 0 Å². The summed E-state index contributed by atoms with van der Waals surface area (Å²) in [6, 6.07) is 0.165. The minimum Gasteiger partial charge on any atom is -0.404 e. The smallest absolute Gasteiger partial charge is 0.404 e. The summed E-state index contributed by atoms with van der Waals surface area (Å²) in [7, 11) is 2.44. The van der Waals surface area contributed by atoms with Crippen molar-refractivity contribution < 1.29 is 32.4 Å². The summed E-state index contributed by atoms with van der Waals surface area (Å²) in [6.45, 7) is 0. The van der Waals surface area contributed by atoms with E-state index < -0.39 is 21.4 Å². The molecule has 114 valence electrons. The molecular weight excluding hydrogens is 314 g/mol. The van der Waals surface area contributed by atoms with Gasteiger partial charge in [-0.05, 0) is 4.89 Å². The van der Waals surface area contributed by atoms with Gasteiger partial charge < -0.3 is 22.8 Å². The van der Waals surface area contributed by atoms with Gasteiger partial charge in [0.25, 0.3) is 0 Å². The van der Waals surface area contributed by atoms with Gasteiger partial charge in [0.15, 0.2) is 0 Å². The van der Waals surface area contributed by atoms with Crippen LogP contribution in [-0.4, -0.2) is 68.9 Å². The molecule has 0 N–H and O–H groups in total. The molecule has 1 fully saturated rings. The third kappa shape index (κ3) is 2.63. The van der Waals surface area contributed by atoms with Crippen LogP contribution in [0.3, 0.4) is 0 Å². The summed E-state index contributed by atoms with van der Waals surface area (Å²) in [4.78, 5) is 11.8. The van der Waals surface area contributed by atoms with Crippen molar-refractivity contribution >= 4 is 26.5 Å². The second-order valence-corrected chi connectivity index (χ2v) is 15.4. The van der Waals surface area contributed by atoms with E-state index in [1.165, 1.54) is 42.7 Å². The Morgan fingerprint density at radius 1 is 1.00 bits per heavy atom. The standard InChI is InChI=1S/C8H20ClNO7Si2/c1-11-8(12-2)7-18(9,14-4)19(15-5,16-6)10(13-3)17-8/h7H2,1-6H3. The van der Waals surface area contributed by atoms with Crippen LogP contribution in [0.25, 0.3) is 0 Å². The van der Waals surface area contributed by atoms with Gasteiger partial charge in [-0.25, -0.2) is 4.84 Å². The van der Waals surface area contributed by atoms with Crippen LogP contribution in [0.2, 0.25) is 6.04 Å². The molecule has 11 heteroatoms. The fourth-order valence-electron chi connectivity index (χ4n) is 1.94. The Balaban J connectivity index is 3.27. The van der Waals surface area contributed by atoms with Crippen molar-refractivity contribution in [1.29, 1.82) is 0 Å². The zero-order valence-corrected chi connectivity index (χ0v) is 14.6. The summed E-state index contributed by atoms with van der Waals surface area (Å²) in [5.74, 6) is -1.40. The second-order valence-electron chi connectivity index (χ2n) is 3.72. The highest BCUT2D eigenvalue weighted by molar-refractivity contribution is 7.53. The quantitative estimate of drug-likeness (QED) is 0.392. The summed E-state index contributed by atoms with van der Waals surface area (Å²) in [6.07, 6.45) is 0. The Morgan fingerprint density at radius 2 is 1.53 bits per heavy atom. The fraction of sp³-hybridized carbons (Fsp3) is 1.00. The first-order chi connectivity index (χ1) is 8.93. The molecule has 1 rings (SSSR count). The van der Waals surface area contributed by atoms with Gasteiger partial charge >= 0.3 is 21.4 Å². The molecule has 0 aromatic heterocycles. The highest BCUT2D eigenvalue weighted by atomic mass is 35.6. The largest absolute Gasteiger partial charge is 0.503 e. The molecule has 1 heterocycles. The van der Waals surface area contributed by atoms with E-state index in [1.807, 2.05) is 0 Å². The Bertz CT molecular complexity index is 305. The minimum atomic E-state index is -3.22. The van der Waals surface area contributed by atoms with Gasteiger partial charge in [0.1, 0.15) is 0 Å². The predicted molar refractivity (Wildman–Crippen MR) is 69.9 cm³/mol. The van der Waals surface area contributed by atoms with Crippen molar-refractivity contribution in [2.75, 3.05) is 42.7 Å². The molecule has 0 aromatic carbocycles. The third-order valence-electron chi connectivity index (χ3n) is 3.04. The molecule has 0 saturated carbocycles. The molecule has 0 spiro atoms.